The first-order chi connectivity index (χ1) is 16.4. The number of aromatic nitrogens is 2. The number of aromatic amines is 1. The largest absolute Gasteiger partial charge is 0.496 e. The van der Waals surface area contributed by atoms with Gasteiger partial charge in [-0.2, -0.15) is 0 Å². The zero-order valence-electron chi connectivity index (χ0n) is 19.4. The molecule has 1 fully saturated rings. The maximum atomic E-state index is 14.0. The number of hydrogen-bond acceptors (Lipinski definition) is 5. The molecule has 4 rings (SSSR count). The molecule has 0 radical (unpaired) electrons. The third kappa shape index (κ3) is 5.00. The first kappa shape index (κ1) is 23.6. The Kier molecular flexibility index (Phi) is 7.05. The third-order valence-corrected chi connectivity index (χ3v) is 6.44. The van der Waals surface area contributed by atoms with E-state index in [1.165, 1.54) is 18.2 Å². The number of halogens is 1. The number of hydrogen-bond donors (Lipinski definition) is 1. The molecule has 34 heavy (non-hydrogen) atoms. The number of fused-ring (bicyclic) bond motifs is 1. The number of methoxy groups -OCH3 is 1. The number of nitrogens with one attached hydrogen (secondary N) is 1. The van der Waals surface area contributed by atoms with E-state index in [-0.39, 0.29) is 34.1 Å². The van der Waals surface area contributed by atoms with Crippen LogP contribution in [-0.4, -0.2) is 46.8 Å². The molecule has 2 aromatic carbocycles. The molecule has 0 spiro atoms. The minimum absolute atomic E-state index is 0.0144. The highest BCUT2D eigenvalue weighted by molar-refractivity contribution is 5.98. The predicted molar refractivity (Wildman–Crippen MR) is 127 cm³/mol. The molecule has 0 saturated carbocycles. The summed E-state index contributed by atoms with van der Waals surface area (Å²) in [6.45, 7) is 3.00. The van der Waals surface area contributed by atoms with Gasteiger partial charge in [0.1, 0.15) is 22.9 Å². The monoisotopic (exact) mass is 465 g/mol. The molecule has 8 heteroatoms. The van der Waals surface area contributed by atoms with Crippen LogP contribution >= 0.6 is 0 Å². The van der Waals surface area contributed by atoms with Gasteiger partial charge in [0.15, 0.2) is 5.78 Å². The van der Waals surface area contributed by atoms with Gasteiger partial charge in [0.05, 0.1) is 12.5 Å². The number of para-hydroxylation sites is 1. The number of piperidine rings is 1. The molecule has 178 valence electrons. The third-order valence-electron chi connectivity index (χ3n) is 6.44. The fraction of sp³-hybridized carbons (Fsp3) is 0.385. The van der Waals surface area contributed by atoms with E-state index < -0.39 is 5.82 Å². The topological polar surface area (TPSA) is 92.4 Å². The number of carbonyl (C=O) groups is 2. The molecule has 0 aliphatic carbocycles. The van der Waals surface area contributed by atoms with Gasteiger partial charge < -0.3 is 14.6 Å². The maximum absolute atomic E-state index is 14.0. The molecule has 1 saturated heterocycles. The number of nitrogens with zero attached hydrogens (tertiary/aromatic N) is 2. The highest BCUT2D eigenvalue weighted by Crippen LogP contribution is 2.25. The summed E-state index contributed by atoms with van der Waals surface area (Å²) < 4.78 is 19.2. The molecule has 1 amide bonds. The molecule has 1 aliphatic heterocycles. The summed E-state index contributed by atoms with van der Waals surface area (Å²) in [4.78, 5) is 46.4. The standard InChI is InChI=1S/C26H28FN3O4/c1-16-15-18(9-10-21(16)34-2)25(32)17-11-13-30(14-12-17)23(31)8-4-7-22-28-24-19(26(33)29-22)5-3-6-20(24)27/h3,5-6,9-10,15,17H,4,7-8,11-14H2,1-2H3,(H,28,29,33). The maximum Gasteiger partial charge on any atom is 0.258 e. The normalized spacial score (nSPS) is 14.4. The SMILES string of the molecule is COc1ccc(C(=O)C2CCN(C(=O)CCCc3nc4c(F)cccc4c(=O)[nH]3)CC2)cc1C. The van der Waals surface area contributed by atoms with E-state index in [4.69, 9.17) is 4.74 Å². The smallest absolute Gasteiger partial charge is 0.258 e. The fourth-order valence-corrected chi connectivity index (χ4v) is 4.52. The molecule has 0 bridgehead atoms. The first-order valence-electron chi connectivity index (χ1n) is 11.5. The number of carbonyl (C=O) groups excluding carboxylic acids is 2. The van der Waals surface area contributed by atoms with Crippen molar-refractivity contribution in [2.24, 2.45) is 5.92 Å². The zero-order chi connectivity index (χ0) is 24.2. The predicted octanol–water partition coefficient (Wildman–Crippen LogP) is 3.82. The summed E-state index contributed by atoms with van der Waals surface area (Å²) in [5.41, 5.74) is 1.26. The van der Waals surface area contributed by atoms with Crippen molar-refractivity contribution in [3.63, 3.8) is 0 Å². The molecule has 1 aromatic heterocycles. The van der Waals surface area contributed by atoms with Crippen LogP contribution in [0.2, 0.25) is 0 Å². The van der Waals surface area contributed by atoms with Gasteiger partial charge in [-0.3, -0.25) is 14.4 Å². The summed E-state index contributed by atoms with van der Waals surface area (Å²) >= 11 is 0. The quantitative estimate of drug-likeness (QED) is 0.536. The molecule has 0 atom stereocenters. The van der Waals surface area contributed by atoms with Crippen molar-refractivity contribution in [1.82, 2.24) is 14.9 Å². The highest BCUT2D eigenvalue weighted by Gasteiger charge is 2.28. The van der Waals surface area contributed by atoms with Crippen LogP contribution < -0.4 is 10.3 Å². The molecule has 3 aromatic rings. The van der Waals surface area contributed by atoms with E-state index in [9.17, 15) is 18.8 Å². The number of amides is 1. The number of Topliss-reactive ketones (excluding diaryl/α,β-unsaturated/α-hetero) is 1. The average Bonchev–Trinajstić information content (AvgIpc) is 2.84. The lowest BCUT2D eigenvalue weighted by molar-refractivity contribution is -0.132. The van der Waals surface area contributed by atoms with Crippen molar-refractivity contribution >= 4 is 22.6 Å². The number of benzene rings is 2. The highest BCUT2D eigenvalue weighted by atomic mass is 19.1. The lowest BCUT2D eigenvalue weighted by atomic mass is 9.88. The fourth-order valence-electron chi connectivity index (χ4n) is 4.52. The Hall–Kier alpha value is -3.55. The Morgan fingerprint density at radius 1 is 1.21 bits per heavy atom. The van der Waals surface area contributed by atoms with Gasteiger partial charge >= 0.3 is 0 Å². The van der Waals surface area contributed by atoms with Gasteiger partial charge in [-0.05, 0) is 62.1 Å². The zero-order valence-corrected chi connectivity index (χ0v) is 19.4. The first-order valence-corrected chi connectivity index (χ1v) is 11.5. The van der Waals surface area contributed by atoms with Crippen molar-refractivity contribution in [2.75, 3.05) is 20.2 Å². The molecule has 0 unspecified atom stereocenters. The van der Waals surface area contributed by atoms with Crippen LogP contribution in [0.25, 0.3) is 10.9 Å². The van der Waals surface area contributed by atoms with Crippen LogP contribution in [0.15, 0.2) is 41.2 Å². The molecule has 2 heterocycles. The second-order valence-corrected chi connectivity index (χ2v) is 8.71. The van der Waals surface area contributed by atoms with Gasteiger partial charge in [-0.1, -0.05) is 6.07 Å². The van der Waals surface area contributed by atoms with Crippen molar-refractivity contribution < 1.29 is 18.7 Å². The minimum Gasteiger partial charge on any atom is -0.496 e. The average molecular weight is 466 g/mol. The number of ketones is 1. The molecule has 7 nitrogen and oxygen atoms in total. The Morgan fingerprint density at radius 2 is 1.97 bits per heavy atom. The van der Waals surface area contributed by atoms with Crippen LogP contribution in [-0.2, 0) is 11.2 Å². The van der Waals surface area contributed by atoms with Crippen molar-refractivity contribution in [2.45, 2.75) is 39.0 Å². The van der Waals surface area contributed by atoms with Crippen LogP contribution in [0.4, 0.5) is 4.39 Å². The van der Waals surface area contributed by atoms with Gasteiger partial charge in [0.2, 0.25) is 5.91 Å². The van der Waals surface area contributed by atoms with Crippen molar-refractivity contribution in [3.05, 3.63) is 69.5 Å². The Balaban J connectivity index is 1.28. The van der Waals surface area contributed by atoms with E-state index in [2.05, 4.69) is 9.97 Å². The van der Waals surface area contributed by atoms with Gasteiger partial charge in [0.25, 0.3) is 5.56 Å². The molecular formula is C26H28FN3O4. The van der Waals surface area contributed by atoms with E-state index in [1.54, 1.807) is 18.1 Å². The summed E-state index contributed by atoms with van der Waals surface area (Å²) in [6.07, 6.45) is 2.43. The van der Waals surface area contributed by atoms with Gasteiger partial charge in [0, 0.05) is 37.4 Å². The Labute approximate surface area is 197 Å². The van der Waals surface area contributed by atoms with Gasteiger partial charge in [-0.15, -0.1) is 0 Å². The van der Waals surface area contributed by atoms with Crippen LogP contribution in [0.1, 0.15) is 47.4 Å². The molecule has 1 aliphatic rings. The van der Waals surface area contributed by atoms with E-state index in [0.717, 1.165) is 11.3 Å². The second kappa shape index (κ2) is 10.2. The minimum atomic E-state index is -0.539. The lowest BCUT2D eigenvalue weighted by Gasteiger charge is -2.31. The van der Waals surface area contributed by atoms with Crippen LogP contribution in [0.3, 0.4) is 0 Å². The van der Waals surface area contributed by atoms with E-state index >= 15 is 0 Å². The second-order valence-electron chi connectivity index (χ2n) is 8.71. The summed E-state index contributed by atoms with van der Waals surface area (Å²) in [6, 6.07) is 9.74. The number of aryl methyl sites for hydroxylation is 2. The summed E-state index contributed by atoms with van der Waals surface area (Å²) in [7, 11) is 1.61. The van der Waals surface area contributed by atoms with Crippen LogP contribution in [0, 0.1) is 18.7 Å². The number of H-pyrrole nitrogens is 1. The Morgan fingerprint density at radius 3 is 2.68 bits per heavy atom. The number of rotatable bonds is 7. The molecular weight excluding hydrogens is 437 g/mol. The molecule has 1 N–H and O–H groups in total. The van der Waals surface area contributed by atoms with Crippen LogP contribution in [0.5, 0.6) is 5.75 Å². The Bertz CT molecular complexity index is 1280. The van der Waals surface area contributed by atoms with E-state index in [0.29, 0.717) is 56.6 Å². The number of likely N-dealkylation sites (tertiary alicyclic amines) is 1. The van der Waals surface area contributed by atoms with E-state index in [1.807, 2.05) is 19.1 Å². The lowest BCUT2D eigenvalue weighted by Crippen LogP contribution is -2.40. The summed E-state index contributed by atoms with van der Waals surface area (Å²) in [5.74, 6) is 0.609. The van der Waals surface area contributed by atoms with Gasteiger partial charge in [-0.25, -0.2) is 9.37 Å². The number of ether oxygens (including phenoxy) is 1. The van der Waals surface area contributed by atoms with Crippen molar-refractivity contribution in [1.29, 1.82) is 0 Å². The van der Waals surface area contributed by atoms with Crippen molar-refractivity contribution in [3.8, 4) is 5.75 Å². The summed E-state index contributed by atoms with van der Waals surface area (Å²) in [5, 5.41) is 0.210.